The quantitative estimate of drug-likeness (QED) is 0.357. The van der Waals surface area contributed by atoms with Gasteiger partial charge in [0.25, 0.3) is 0 Å². The zero-order valence-electron chi connectivity index (χ0n) is 14.3. The van der Waals surface area contributed by atoms with Gasteiger partial charge in [-0.3, -0.25) is 10.1 Å². The smallest absolute Gasteiger partial charge is 0.300 e. The number of benzene rings is 2. The van der Waals surface area contributed by atoms with Gasteiger partial charge in [0.1, 0.15) is 10.4 Å². The monoisotopic (exact) mass is 432 g/mol. The number of carbonyl (C=O) groups is 1. The van der Waals surface area contributed by atoms with Crippen molar-refractivity contribution in [2.45, 2.75) is 10.1 Å². The van der Waals surface area contributed by atoms with Crippen LogP contribution in [0.15, 0.2) is 70.2 Å². The Morgan fingerprint density at radius 3 is 2.64 bits per heavy atom. The summed E-state index contributed by atoms with van der Waals surface area (Å²) in [5.41, 5.74) is 2.69. The van der Waals surface area contributed by atoms with E-state index < -0.39 is 10.0 Å². The lowest BCUT2D eigenvalue weighted by atomic mass is 10.3. The summed E-state index contributed by atoms with van der Waals surface area (Å²) in [6.45, 7) is 0. The first-order valence-electron chi connectivity index (χ1n) is 8.08. The second kappa shape index (κ2) is 7.70. The SMILES string of the molecule is O=C(CSc1[nH]c2ccccc2[n+]1S(=O)(=O)c1ccccc1)Nc1nncs1. The molecule has 2 aromatic heterocycles. The number of amides is 1. The zero-order chi connectivity index (χ0) is 19.6. The number of aromatic nitrogens is 4. The average Bonchev–Trinajstić information content (AvgIpc) is 3.34. The lowest BCUT2D eigenvalue weighted by molar-refractivity contribution is -0.526. The highest BCUT2D eigenvalue weighted by atomic mass is 32.2. The molecule has 0 saturated carbocycles. The predicted octanol–water partition coefficient (Wildman–Crippen LogP) is 2.27. The van der Waals surface area contributed by atoms with Crippen molar-refractivity contribution < 1.29 is 17.2 Å². The molecule has 0 aliphatic rings. The Balaban J connectivity index is 1.69. The Kier molecular flexibility index (Phi) is 5.11. The summed E-state index contributed by atoms with van der Waals surface area (Å²) in [7, 11) is -3.84. The Bertz CT molecular complexity index is 1220. The minimum atomic E-state index is -3.84. The van der Waals surface area contributed by atoms with Crippen LogP contribution >= 0.6 is 23.1 Å². The number of para-hydroxylation sites is 2. The highest BCUT2D eigenvalue weighted by Gasteiger charge is 2.31. The maximum Gasteiger partial charge on any atom is 0.336 e. The lowest BCUT2D eigenvalue weighted by Gasteiger charge is -2.04. The minimum Gasteiger partial charge on any atom is -0.300 e. The summed E-state index contributed by atoms with van der Waals surface area (Å²) in [5, 5.41) is 10.8. The Hall–Kier alpha value is -2.76. The molecule has 0 bridgehead atoms. The van der Waals surface area contributed by atoms with Gasteiger partial charge in [-0.1, -0.05) is 41.7 Å². The van der Waals surface area contributed by atoms with Crippen LogP contribution in [0.2, 0.25) is 0 Å². The molecule has 142 valence electrons. The third kappa shape index (κ3) is 3.63. The lowest BCUT2D eigenvalue weighted by Crippen LogP contribution is -2.44. The Morgan fingerprint density at radius 1 is 1.14 bits per heavy atom. The maximum absolute atomic E-state index is 13.2. The summed E-state index contributed by atoms with van der Waals surface area (Å²) in [6, 6.07) is 15.3. The van der Waals surface area contributed by atoms with E-state index >= 15 is 0 Å². The molecule has 2 N–H and O–H groups in total. The Morgan fingerprint density at radius 2 is 1.89 bits per heavy atom. The second-order valence-electron chi connectivity index (χ2n) is 5.61. The van der Waals surface area contributed by atoms with Gasteiger partial charge in [0.15, 0.2) is 11.0 Å². The first-order valence-corrected chi connectivity index (χ1v) is 11.4. The molecule has 0 radical (unpaired) electrons. The fourth-order valence-electron chi connectivity index (χ4n) is 2.58. The average molecular weight is 433 g/mol. The van der Waals surface area contributed by atoms with Crippen LogP contribution in [0.4, 0.5) is 5.13 Å². The molecule has 8 nitrogen and oxygen atoms in total. The number of thioether (sulfide) groups is 1. The van der Waals surface area contributed by atoms with Crippen molar-refractivity contribution in [2.75, 3.05) is 11.1 Å². The van der Waals surface area contributed by atoms with E-state index in [4.69, 9.17) is 0 Å². The molecule has 4 aromatic rings. The van der Waals surface area contributed by atoms with E-state index in [1.807, 2.05) is 6.07 Å². The summed E-state index contributed by atoms with van der Waals surface area (Å²) < 4.78 is 27.7. The molecule has 0 aliphatic heterocycles. The molecular formula is C17H14N5O3S3+. The number of nitrogens with one attached hydrogen (secondary N) is 2. The highest BCUT2D eigenvalue weighted by Crippen LogP contribution is 2.21. The van der Waals surface area contributed by atoms with Gasteiger partial charge in [-0.05, 0) is 36.0 Å². The molecule has 0 spiro atoms. The van der Waals surface area contributed by atoms with Crippen molar-refractivity contribution in [1.29, 1.82) is 0 Å². The molecule has 0 saturated heterocycles. The first kappa shape index (κ1) is 18.6. The summed E-state index contributed by atoms with van der Waals surface area (Å²) in [5.74, 6) is -0.291. The topological polar surface area (TPSA) is 109 Å². The number of hydrogen-bond acceptors (Lipinski definition) is 7. The van der Waals surface area contributed by atoms with Crippen molar-refractivity contribution >= 4 is 55.2 Å². The van der Waals surface area contributed by atoms with Crippen molar-refractivity contribution in [3.05, 3.63) is 60.1 Å². The van der Waals surface area contributed by atoms with Gasteiger partial charge in [0.05, 0.1) is 5.75 Å². The highest BCUT2D eigenvalue weighted by molar-refractivity contribution is 8.00. The standard InChI is InChI=1S/C17H13N5O3S3/c23-15(20-16-21-18-11-27-16)10-26-17-19-13-8-4-5-9-14(13)22(17)28(24,25)12-6-2-1-3-7-12/h1-9,11H,10H2,(H,20,21,23)/p+1. The van der Waals surface area contributed by atoms with Gasteiger partial charge in [0.2, 0.25) is 11.0 Å². The fraction of sp³-hybridized carbons (Fsp3) is 0.0588. The molecule has 0 atom stereocenters. The van der Waals surface area contributed by atoms with Gasteiger partial charge in [-0.25, -0.2) is 4.98 Å². The normalized spacial score (nSPS) is 11.6. The molecule has 0 aliphatic carbocycles. The molecule has 0 unspecified atom stereocenters. The van der Waals surface area contributed by atoms with Gasteiger partial charge >= 0.3 is 15.2 Å². The van der Waals surface area contributed by atoms with Crippen LogP contribution in [-0.4, -0.2) is 35.3 Å². The van der Waals surface area contributed by atoms with Crippen LogP contribution in [0.1, 0.15) is 0 Å². The van der Waals surface area contributed by atoms with Gasteiger partial charge < -0.3 is 0 Å². The third-order valence-corrected chi connectivity index (χ3v) is 7.19. The molecule has 2 aromatic carbocycles. The van der Waals surface area contributed by atoms with Crippen molar-refractivity contribution in [2.24, 2.45) is 0 Å². The number of imidazole rings is 1. The second-order valence-corrected chi connectivity index (χ2v) is 9.19. The van der Waals surface area contributed by atoms with Gasteiger partial charge in [0, 0.05) is 0 Å². The summed E-state index contributed by atoms with van der Waals surface area (Å²) in [4.78, 5) is 15.4. The number of aromatic amines is 1. The van der Waals surface area contributed by atoms with Crippen LogP contribution in [0.5, 0.6) is 0 Å². The molecule has 2 heterocycles. The van der Waals surface area contributed by atoms with E-state index in [0.29, 0.717) is 21.3 Å². The van der Waals surface area contributed by atoms with Crippen LogP contribution in [0.3, 0.4) is 0 Å². The Labute approximate surface area is 168 Å². The molecule has 1 amide bonds. The number of rotatable bonds is 6. The molecule has 0 fully saturated rings. The minimum absolute atomic E-state index is 0.0106. The van der Waals surface area contributed by atoms with Crippen molar-refractivity contribution in [1.82, 2.24) is 15.2 Å². The van der Waals surface area contributed by atoms with E-state index in [0.717, 1.165) is 11.8 Å². The molecular weight excluding hydrogens is 418 g/mol. The fourth-order valence-corrected chi connectivity index (χ4v) is 5.63. The van der Waals surface area contributed by atoms with E-state index in [-0.39, 0.29) is 16.6 Å². The number of hydrogen-bond donors (Lipinski definition) is 2. The van der Waals surface area contributed by atoms with Crippen LogP contribution in [0, 0.1) is 0 Å². The van der Waals surface area contributed by atoms with E-state index in [2.05, 4.69) is 20.5 Å². The van der Waals surface area contributed by atoms with Crippen LogP contribution < -0.4 is 9.29 Å². The van der Waals surface area contributed by atoms with Crippen LogP contribution in [-0.2, 0) is 14.8 Å². The summed E-state index contributed by atoms with van der Waals surface area (Å²) >= 11 is 2.31. The van der Waals surface area contributed by atoms with Crippen molar-refractivity contribution in [3.8, 4) is 0 Å². The van der Waals surface area contributed by atoms with Crippen LogP contribution in [0.25, 0.3) is 11.0 Å². The molecule has 28 heavy (non-hydrogen) atoms. The molecule has 11 heteroatoms. The largest absolute Gasteiger partial charge is 0.336 e. The number of nitrogens with zero attached hydrogens (tertiary/aromatic N) is 3. The van der Waals surface area contributed by atoms with E-state index in [1.54, 1.807) is 48.5 Å². The third-order valence-electron chi connectivity index (χ3n) is 3.78. The molecule has 4 rings (SSSR count). The van der Waals surface area contributed by atoms with Gasteiger partial charge in [-0.15, -0.1) is 14.2 Å². The zero-order valence-corrected chi connectivity index (χ0v) is 16.7. The number of fused-ring (bicyclic) bond motifs is 1. The first-order chi connectivity index (χ1) is 13.6. The van der Waals surface area contributed by atoms with Gasteiger partial charge in [-0.2, -0.15) is 8.42 Å². The number of anilines is 1. The predicted molar refractivity (Wildman–Crippen MR) is 107 cm³/mol. The number of H-pyrrole nitrogens is 1. The van der Waals surface area contributed by atoms with E-state index in [1.165, 1.54) is 20.8 Å². The number of carbonyl (C=O) groups excluding carboxylic acids is 1. The maximum atomic E-state index is 13.2. The summed E-state index contributed by atoms with van der Waals surface area (Å²) in [6.07, 6.45) is 0. The van der Waals surface area contributed by atoms with E-state index in [9.17, 15) is 13.2 Å². The van der Waals surface area contributed by atoms with Crippen molar-refractivity contribution in [3.63, 3.8) is 0 Å².